The van der Waals surface area contributed by atoms with Gasteiger partial charge in [0, 0.05) is 0 Å². The molecule has 2 N–H and O–H groups in total. The van der Waals surface area contributed by atoms with Gasteiger partial charge in [-0.05, 0) is 35.1 Å². The van der Waals surface area contributed by atoms with Crippen LogP contribution >= 0.6 is 27.3 Å². The summed E-state index contributed by atoms with van der Waals surface area (Å²) in [6, 6.07) is 3.77. The summed E-state index contributed by atoms with van der Waals surface area (Å²) in [4.78, 5) is 11.0. The van der Waals surface area contributed by atoms with Crippen molar-refractivity contribution in [3.63, 3.8) is 0 Å². The third kappa shape index (κ3) is 2.92. The molecule has 0 radical (unpaired) electrons. The van der Waals surface area contributed by atoms with E-state index >= 15 is 0 Å². The van der Waals surface area contributed by atoms with Crippen LogP contribution in [0.15, 0.2) is 15.9 Å². The minimum atomic E-state index is -0.0214. The number of anilines is 1. The van der Waals surface area contributed by atoms with Crippen LogP contribution in [0.3, 0.4) is 0 Å². The van der Waals surface area contributed by atoms with Gasteiger partial charge in [-0.25, -0.2) is 0 Å². The van der Waals surface area contributed by atoms with E-state index in [-0.39, 0.29) is 5.91 Å². The zero-order valence-corrected chi connectivity index (χ0v) is 8.96. The maximum atomic E-state index is 11.0. The monoisotopic (exact) mass is 248 g/mol. The summed E-state index contributed by atoms with van der Waals surface area (Å²) < 4.78 is 1.02. The second-order valence-electron chi connectivity index (χ2n) is 2.18. The van der Waals surface area contributed by atoms with Gasteiger partial charge in [0.25, 0.3) is 0 Å². The van der Waals surface area contributed by atoms with E-state index in [1.807, 2.05) is 12.1 Å². The molecule has 1 heterocycles. The quantitative estimate of drug-likeness (QED) is 0.855. The molecule has 1 rings (SSSR count). The van der Waals surface area contributed by atoms with Crippen molar-refractivity contribution in [3.8, 4) is 0 Å². The number of hydrogen-bond acceptors (Lipinski definition) is 3. The zero-order chi connectivity index (χ0) is 8.97. The van der Waals surface area contributed by atoms with Gasteiger partial charge in [-0.15, -0.1) is 11.3 Å². The molecule has 0 aliphatic heterocycles. The first-order valence-electron chi connectivity index (χ1n) is 3.42. The van der Waals surface area contributed by atoms with Crippen LogP contribution in [-0.2, 0) is 4.79 Å². The minimum Gasteiger partial charge on any atom is -0.317 e. The summed E-state index contributed by atoms with van der Waals surface area (Å²) >= 11 is 4.81. The summed E-state index contributed by atoms with van der Waals surface area (Å²) in [7, 11) is 1.74. The number of thiophene rings is 1. The van der Waals surface area contributed by atoms with Crippen molar-refractivity contribution in [1.29, 1.82) is 0 Å². The normalized spacial score (nSPS) is 9.83. The Morgan fingerprint density at radius 3 is 2.92 bits per heavy atom. The molecule has 0 unspecified atom stereocenters. The molecule has 3 nitrogen and oxygen atoms in total. The van der Waals surface area contributed by atoms with Gasteiger partial charge in [0.2, 0.25) is 5.91 Å². The Kier molecular flexibility index (Phi) is 3.71. The van der Waals surface area contributed by atoms with Gasteiger partial charge in [0.15, 0.2) is 0 Å². The van der Waals surface area contributed by atoms with Crippen molar-refractivity contribution < 1.29 is 4.79 Å². The van der Waals surface area contributed by atoms with Crippen LogP contribution in [0.25, 0.3) is 0 Å². The summed E-state index contributed by atoms with van der Waals surface area (Å²) in [6.07, 6.45) is 0. The van der Waals surface area contributed by atoms with E-state index in [4.69, 9.17) is 0 Å². The van der Waals surface area contributed by atoms with E-state index in [0.29, 0.717) is 6.54 Å². The van der Waals surface area contributed by atoms with Gasteiger partial charge in [0.1, 0.15) is 0 Å². The predicted octanol–water partition coefficient (Wildman–Crippen LogP) is 1.67. The fourth-order valence-corrected chi connectivity index (χ4v) is 2.03. The highest BCUT2D eigenvalue weighted by atomic mass is 79.9. The number of nitrogens with one attached hydrogen (secondary N) is 2. The Bertz CT molecular complexity index is 274. The Morgan fingerprint density at radius 2 is 2.42 bits per heavy atom. The average molecular weight is 249 g/mol. The molecule has 1 aromatic heterocycles. The summed E-state index contributed by atoms with van der Waals surface area (Å²) in [5.41, 5.74) is 0. The number of likely N-dealkylation sites (N-methyl/N-ethyl adjacent to an activating group) is 1. The van der Waals surface area contributed by atoms with Gasteiger partial charge in [-0.1, -0.05) is 0 Å². The molecular weight excluding hydrogens is 240 g/mol. The standard InChI is InChI=1S/C7H9BrN2OS/c1-9-4-6(11)10-7-3-2-5(8)12-7/h2-3,9H,4H2,1H3,(H,10,11). The third-order valence-corrected chi connectivity index (χ3v) is 2.71. The molecule has 0 aromatic carbocycles. The molecule has 1 aromatic rings. The highest BCUT2D eigenvalue weighted by Crippen LogP contribution is 2.26. The first kappa shape index (κ1) is 9.70. The number of rotatable bonds is 3. The second kappa shape index (κ2) is 4.59. The smallest absolute Gasteiger partial charge is 0.238 e. The molecule has 5 heteroatoms. The first-order valence-corrected chi connectivity index (χ1v) is 5.03. The van der Waals surface area contributed by atoms with Crippen LogP contribution in [0.1, 0.15) is 0 Å². The lowest BCUT2D eigenvalue weighted by Crippen LogP contribution is -2.24. The van der Waals surface area contributed by atoms with Crippen molar-refractivity contribution >= 4 is 38.2 Å². The highest BCUT2D eigenvalue weighted by molar-refractivity contribution is 9.11. The summed E-state index contributed by atoms with van der Waals surface area (Å²) in [6.45, 7) is 0.343. The number of halogens is 1. The Hall–Kier alpha value is -0.390. The predicted molar refractivity (Wildman–Crippen MR) is 54.6 cm³/mol. The van der Waals surface area contributed by atoms with Gasteiger partial charge >= 0.3 is 0 Å². The highest BCUT2D eigenvalue weighted by Gasteiger charge is 2.01. The SMILES string of the molecule is CNCC(=O)Nc1ccc(Br)s1. The second-order valence-corrected chi connectivity index (χ2v) is 4.65. The Labute approximate surface area is 83.3 Å². The molecule has 0 aliphatic carbocycles. The lowest BCUT2D eigenvalue weighted by molar-refractivity contribution is -0.115. The topological polar surface area (TPSA) is 41.1 Å². The minimum absolute atomic E-state index is 0.0214. The first-order chi connectivity index (χ1) is 5.72. The Balaban J connectivity index is 2.46. The number of carbonyl (C=O) groups excluding carboxylic acids is 1. The molecule has 0 atom stereocenters. The summed E-state index contributed by atoms with van der Waals surface area (Å²) in [5, 5.41) is 6.39. The molecule has 0 saturated heterocycles. The van der Waals surface area contributed by atoms with Crippen LogP contribution in [0.4, 0.5) is 5.00 Å². The fraction of sp³-hybridized carbons (Fsp3) is 0.286. The molecule has 0 saturated carbocycles. The molecule has 0 fully saturated rings. The van der Waals surface area contributed by atoms with E-state index in [1.165, 1.54) is 11.3 Å². The number of carbonyl (C=O) groups is 1. The van der Waals surface area contributed by atoms with Crippen LogP contribution in [0.2, 0.25) is 0 Å². The van der Waals surface area contributed by atoms with Crippen molar-refractivity contribution in [2.45, 2.75) is 0 Å². The molecule has 0 bridgehead atoms. The van der Waals surface area contributed by atoms with E-state index in [2.05, 4.69) is 26.6 Å². The van der Waals surface area contributed by atoms with Crippen molar-refractivity contribution in [3.05, 3.63) is 15.9 Å². The average Bonchev–Trinajstić information content (AvgIpc) is 2.36. The van der Waals surface area contributed by atoms with Crippen molar-refractivity contribution in [2.75, 3.05) is 18.9 Å². The van der Waals surface area contributed by atoms with E-state index in [9.17, 15) is 4.79 Å². The Morgan fingerprint density at radius 1 is 1.67 bits per heavy atom. The van der Waals surface area contributed by atoms with E-state index in [0.717, 1.165) is 8.79 Å². The number of hydrogen-bond donors (Lipinski definition) is 2. The number of amides is 1. The van der Waals surface area contributed by atoms with Crippen LogP contribution in [0, 0.1) is 0 Å². The van der Waals surface area contributed by atoms with Crippen LogP contribution in [0.5, 0.6) is 0 Å². The van der Waals surface area contributed by atoms with Crippen molar-refractivity contribution in [1.82, 2.24) is 5.32 Å². The lowest BCUT2D eigenvalue weighted by Gasteiger charge is -1.99. The lowest BCUT2D eigenvalue weighted by atomic mass is 10.5. The molecule has 12 heavy (non-hydrogen) atoms. The molecule has 0 spiro atoms. The molecule has 66 valence electrons. The van der Waals surface area contributed by atoms with Gasteiger partial charge in [-0.2, -0.15) is 0 Å². The fourth-order valence-electron chi connectivity index (χ4n) is 0.724. The van der Waals surface area contributed by atoms with Crippen molar-refractivity contribution in [2.24, 2.45) is 0 Å². The molecular formula is C7H9BrN2OS. The maximum Gasteiger partial charge on any atom is 0.238 e. The van der Waals surface area contributed by atoms with Gasteiger partial charge in [0.05, 0.1) is 15.3 Å². The van der Waals surface area contributed by atoms with Crippen LogP contribution < -0.4 is 10.6 Å². The summed E-state index contributed by atoms with van der Waals surface area (Å²) in [5.74, 6) is -0.0214. The van der Waals surface area contributed by atoms with Gasteiger partial charge < -0.3 is 10.6 Å². The van der Waals surface area contributed by atoms with E-state index < -0.39 is 0 Å². The largest absolute Gasteiger partial charge is 0.317 e. The molecule has 0 aliphatic rings. The van der Waals surface area contributed by atoms with Crippen LogP contribution in [-0.4, -0.2) is 19.5 Å². The zero-order valence-electron chi connectivity index (χ0n) is 6.56. The maximum absolute atomic E-state index is 11.0. The van der Waals surface area contributed by atoms with Gasteiger partial charge in [-0.3, -0.25) is 4.79 Å². The molecule has 1 amide bonds. The third-order valence-electron chi connectivity index (χ3n) is 1.17. The van der Waals surface area contributed by atoms with E-state index in [1.54, 1.807) is 7.05 Å².